The van der Waals surface area contributed by atoms with E-state index in [1.807, 2.05) is 43.3 Å². The Labute approximate surface area is 210 Å². The van der Waals surface area contributed by atoms with Gasteiger partial charge in [0.15, 0.2) is 0 Å². The molecule has 1 saturated carbocycles. The third kappa shape index (κ3) is 4.67. The van der Waals surface area contributed by atoms with Gasteiger partial charge in [0.1, 0.15) is 4.90 Å². The molecule has 0 saturated heterocycles. The van der Waals surface area contributed by atoms with Crippen LogP contribution in [0.15, 0.2) is 70.6 Å². The molecule has 178 valence electrons. The average molecular weight is 514 g/mol. The lowest BCUT2D eigenvalue weighted by atomic mass is 9.89. The quantitative estimate of drug-likeness (QED) is 0.306. The van der Waals surface area contributed by atoms with Crippen molar-refractivity contribution in [3.8, 4) is 11.3 Å². The van der Waals surface area contributed by atoms with Crippen molar-refractivity contribution in [1.82, 2.24) is 8.54 Å². The lowest BCUT2D eigenvalue weighted by Crippen LogP contribution is -2.17. The Bertz CT molecular complexity index is 1450. The van der Waals surface area contributed by atoms with Crippen LogP contribution in [0.25, 0.3) is 22.2 Å². The summed E-state index contributed by atoms with van der Waals surface area (Å²) >= 11 is 7.80. The van der Waals surface area contributed by atoms with Crippen LogP contribution in [0.1, 0.15) is 37.8 Å². The number of halogens is 1. The normalized spacial score (nSPS) is 15.3. The number of benzene rings is 2. The van der Waals surface area contributed by atoms with Crippen LogP contribution in [0, 0.1) is 12.8 Å². The molecular formula is C26H28ClN3O2S2. The standard InChI is InChI=1S/C26H28ClN3O2S2/c1-18-26(34(28,31)32)15-25(29(18)16-19-8-3-2-4-9-19)23-17-30(24-13-6-5-12-22(23)24)33-21-11-7-10-20(27)14-21/h5-7,10-15,17,19H,2-4,8-9,16H2,1H3,(H2,28,31,32). The number of nitrogens with zero attached hydrogens (tertiary/aromatic N) is 2. The Balaban J connectivity index is 1.65. The number of rotatable bonds is 6. The van der Waals surface area contributed by atoms with Crippen LogP contribution in [-0.4, -0.2) is 17.0 Å². The molecule has 34 heavy (non-hydrogen) atoms. The molecule has 2 heterocycles. The largest absolute Gasteiger partial charge is 0.343 e. The molecule has 0 radical (unpaired) electrons. The molecule has 8 heteroatoms. The third-order valence-electron chi connectivity index (χ3n) is 6.75. The van der Waals surface area contributed by atoms with Crippen LogP contribution in [0.3, 0.4) is 0 Å². The number of hydrogen-bond acceptors (Lipinski definition) is 3. The molecule has 0 bridgehead atoms. The van der Waals surface area contributed by atoms with E-state index in [0.717, 1.165) is 33.6 Å². The molecule has 5 rings (SSSR count). The van der Waals surface area contributed by atoms with Gasteiger partial charge in [0, 0.05) is 39.3 Å². The number of sulfonamides is 1. The number of aromatic nitrogens is 2. The maximum Gasteiger partial charge on any atom is 0.239 e. The molecule has 2 N–H and O–H groups in total. The van der Waals surface area contributed by atoms with Crippen LogP contribution in [0.5, 0.6) is 0 Å². The summed E-state index contributed by atoms with van der Waals surface area (Å²) < 4.78 is 29.2. The van der Waals surface area contributed by atoms with E-state index in [4.69, 9.17) is 16.7 Å². The third-order valence-corrected chi connectivity index (χ3v) is 8.97. The van der Waals surface area contributed by atoms with Crippen LogP contribution in [0.4, 0.5) is 0 Å². The summed E-state index contributed by atoms with van der Waals surface area (Å²) in [5, 5.41) is 7.38. The summed E-state index contributed by atoms with van der Waals surface area (Å²) in [6, 6.07) is 17.7. The van der Waals surface area contributed by atoms with Crippen LogP contribution >= 0.6 is 23.5 Å². The average Bonchev–Trinajstić information content (AvgIpc) is 3.32. The van der Waals surface area contributed by atoms with Crippen LogP contribution < -0.4 is 5.14 Å². The first kappa shape index (κ1) is 23.5. The van der Waals surface area contributed by atoms with E-state index in [1.54, 1.807) is 18.0 Å². The number of para-hydroxylation sites is 1. The minimum absolute atomic E-state index is 0.206. The van der Waals surface area contributed by atoms with Crippen molar-refractivity contribution in [1.29, 1.82) is 0 Å². The summed E-state index contributed by atoms with van der Waals surface area (Å²) in [7, 11) is -3.83. The zero-order valence-corrected chi connectivity index (χ0v) is 21.5. The van der Waals surface area contributed by atoms with Crippen molar-refractivity contribution in [2.24, 2.45) is 11.1 Å². The van der Waals surface area contributed by atoms with E-state index in [2.05, 4.69) is 26.9 Å². The molecule has 4 aromatic rings. The van der Waals surface area contributed by atoms with E-state index in [-0.39, 0.29) is 4.90 Å². The fourth-order valence-electron chi connectivity index (χ4n) is 5.06. The van der Waals surface area contributed by atoms with Gasteiger partial charge in [-0.05, 0) is 68.0 Å². The lowest BCUT2D eigenvalue weighted by molar-refractivity contribution is 0.318. The zero-order valence-electron chi connectivity index (χ0n) is 19.1. The van der Waals surface area contributed by atoms with Crippen molar-refractivity contribution < 1.29 is 8.42 Å². The molecule has 1 aliphatic carbocycles. The molecule has 0 unspecified atom stereocenters. The molecule has 5 nitrogen and oxygen atoms in total. The van der Waals surface area contributed by atoms with Gasteiger partial charge in [-0.1, -0.05) is 55.1 Å². The summed E-state index contributed by atoms with van der Waals surface area (Å²) in [5.41, 5.74) is 3.66. The first-order chi connectivity index (χ1) is 16.3. The molecular weight excluding hydrogens is 486 g/mol. The van der Waals surface area contributed by atoms with E-state index in [9.17, 15) is 8.42 Å². The molecule has 0 atom stereocenters. The minimum atomic E-state index is -3.83. The van der Waals surface area contributed by atoms with Gasteiger partial charge in [0.05, 0.1) is 11.2 Å². The second kappa shape index (κ2) is 9.46. The predicted molar refractivity (Wildman–Crippen MR) is 141 cm³/mol. The van der Waals surface area contributed by atoms with Gasteiger partial charge >= 0.3 is 0 Å². The van der Waals surface area contributed by atoms with Gasteiger partial charge in [-0.25, -0.2) is 13.6 Å². The molecule has 2 aromatic carbocycles. The zero-order chi connectivity index (χ0) is 23.9. The van der Waals surface area contributed by atoms with Gasteiger partial charge in [-0.3, -0.25) is 3.97 Å². The number of hydrogen-bond donors (Lipinski definition) is 1. The van der Waals surface area contributed by atoms with Gasteiger partial charge in [-0.15, -0.1) is 0 Å². The van der Waals surface area contributed by atoms with Crippen molar-refractivity contribution in [2.75, 3.05) is 0 Å². The first-order valence-corrected chi connectivity index (χ1v) is 14.3. The maximum absolute atomic E-state index is 12.4. The molecule has 2 aromatic heterocycles. The van der Waals surface area contributed by atoms with E-state index in [1.165, 1.54) is 32.1 Å². The second-order valence-electron chi connectivity index (χ2n) is 9.07. The van der Waals surface area contributed by atoms with Crippen LogP contribution in [-0.2, 0) is 16.6 Å². The molecule has 0 spiro atoms. The highest BCUT2D eigenvalue weighted by atomic mass is 35.5. The Kier molecular flexibility index (Phi) is 6.55. The maximum atomic E-state index is 12.4. The smallest absolute Gasteiger partial charge is 0.239 e. The number of primary sulfonamides is 1. The monoisotopic (exact) mass is 513 g/mol. The summed E-state index contributed by atoms with van der Waals surface area (Å²) in [4.78, 5) is 1.23. The summed E-state index contributed by atoms with van der Waals surface area (Å²) in [6.07, 6.45) is 8.19. The molecule has 1 aliphatic rings. The van der Waals surface area contributed by atoms with Gasteiger partial charge in [-0.2, -0.15) is 0 Å². The summed E-state index contributed by atoms with van der Waals surface area (Å²) in [6.45, 7) is 2.67. The Morgan fingerprint density at radius 1 is 1.06 bits per heavy atom. The van der Waals surface area contributed by atoms with Crippen LogP contribution in [0.2, 0.25) is 5.02 Å². The van der Waals surface area contributed by atoms with Gasteiger partial charge < -0.3 is 4.57 Å². The second-order valence-corrected chi connectivity index (χ2v) is 12.1. The highest BCUT2D eigenvalue weighted by Gasteiger charge is 2.25. The highest BCUT2D eigenvalue weighted by molar-refractivity contribution is 7.98. The SMILES string of the molecule is Cc1c(S(N)(=O)=O)cc(-c2cn(Sc3cccc(Cl)c3)c3ccccc23)n1CC1CCCCC1. The Morgan fingerprint density at radius 3 is 2.56 bits per heavy atom. The van der Waals surface area contributed by atoms with Gasteiger partial charge in [0.25, 0.3) is 0 Å². The summed E-state index contributed by atoms with van der Waals surface area (Å²) in [5.74, 6) is 0.543. The fourth-order valence-corrected chi connectivity index (χ4v) is 7.08. The van der Waals surface area contributed by atoms with Crippen molar-refractivity contribution >= 4 is 44.5 Å². The van der Waals surface area contributed by atoms with Gasteiger partial charge in [0.2, 0.25) is 10.0 Å². The van der Waals surface area contributed by atoms with E-state index in [0.29, 0.717) is 16.6 Å². The van der Waals surface area contributed by atoms with E-state index >= 15 is 0 Å². The minimum Gasteiger partial charge on any atom is -0.343 e. The molecule has 0 aliphatic heterocycles. The topological polar surface area (TPSA) is 70.0 Å². The highest BCUT2D eigenvalue weighted by Crippen LogP contribution is 2.39. The number of fused-ring (bicyclic) bond motifs is 1. The fraction of sp³-hybridized carbons (Fsp3) is 0.308. The predicted octanol–water partition coefficient (Wildman–Crippen LogP) is 6.85. The molecule has 1 fully saturated rings. The first-order valence-electron chi connectivity index (χ1n) is 11.6. The van der Waals surface area contributed by atoms with Crippen molar-refractivity contribution in [3.05, 3.63) is 71.5 Å². The number of nitrogens with two attached hydrogens (primary N) is 1. The molecule has 0 amide bonds. The Hall–Kier alpha value is -2.19. The van der Waals surface area contributed by atoms with Crippen molar-refractivity contribution in [3.63, 3.8) is 0 Å². The Morgan fingerprint density at radius 2 is 1.82 bits per heavy atom. The van der Waals surface area contributed by atoms with Crippen molar-refractivity contribution in [2.45, 2.75) is 55.4 Å². The van der Waals surface area contributed by atoms with E-state index < -0.39 is 10.0 Å². The lowest BCUT2D eigenvalue weighted by Gasteiger charge is -2.24.